The summed E-state index contributed by atoms with van der Waals surface area (Å²) in [5.74, 6) is 0.133. The van der Waals surface area contributed by atoms with Gasteiger partial charge in [-0.25, -0.2) is 4.98 Å². The summed E-state index contributed by atoms with van der Waals surface area (Å²) in [6.45, 7) is 4.70. The second-order valence-electron chi connectivity index (χ2n) is 6.76. The molecule has 158 valence electrons. The number of aromatic nitrogens is 2. The molecule has 3 aromatic heterocycles. The highest BCUT2D eigenvalue weighted by atomic mass is 32.2. The van der Waals surface area contributed by atoms with Crippen LogP contribution in [0.2, 0.25) is 0 Å². The quantitative estimate of drug-likeness (QED) is 0.218. The van der Waals surface area contributed by atoms with Crippen LogP contribution in [-0.2, 0) is 17.8 Å². The first-order valence-corrected chi connectivity index (χ1v) is 12.5. The van der Waals surface area contributed by atoms with Crippen molar-refractivity contribution in [2.75, 3.05) is 12.3 Å². The maximum atomic E-state index is 13.1. The van der Waals surface area contributed by atoms with E-state index in [-0.39, 0.29) is 17.2 Å². The van der Waals surface area contributed by atoms with Gasteiger partial charge in [0.05, 0.1) is 11.1 Å². The molecule has 3 heterocycles. The molecule has 0 saturated heterocycles. The number of thiophene rings is 2. The van der Waals surface area contributed by atoms with Gasteiger partial charge in [0.1, 0.15) is 4.83 Å². The van der Waals surface area contributed by atoms with E-state index >= 15 is 0 Å². The smallest absolute Gasteiger partial charge is 0.263 e. The van der Waals surface area contributed by atoms with Crippen LogP contribution in [0.1, 0.15) is 4.88 Å². The van der Waals surface area contributed by atoms with E-state index in [4.69, 9.17) is 4.98 Å². The van der Waals surface area contributed by atoms with E-state index in [1.54, 1.807) is 22.0 Å². The highest BCUT2D eigenvalue weighted by Gasteiger charge is 2.16. The van der Waals surface area contributed by atoms with Crippen molar-refractivity contribution >= 4 is 50.6 Å². The van der Waals surface area contributed by atoms with Gasteiger partial charge in [0.2, 0.25) is 5.91 Å². The maximum absolute atomic E-state index is 13.1. The Labute approximate surface area is 192 Å². The minimum absolute atomic E-state index is 0.0720. The molecule has 1 amide bonds. The molecule has 0 spiro atoms. The van der Waals surface area contributed by atoms with E-state index in [9.17, 15) is 9.59 Å². The van der Waals surface area contributed by atoms with Crippen LogP contribution in [0.3, 0.4) is 0 Å². The van der Waals surface area contributed by atoms with Crippen LogP contribution in [0.5, 0.6) is 0 Å². The zero-order chi connectivity index (χ0) is 21.6. The number of carbonyl (C=O) groups is 1. The van der Waals surface area contributed by atoms with Gasteiger partial charge in [-0.05, 0) is 29.5 Å². The van der Waals surface area contributed by atoms with Crippen molar-refractivity contribution in [2.24, 2.45) is 0 Å². The number of nitrogens with zero attached hydrogens (tertiary/aromatic N) is 2. The lowest BCUT2D eigenvalue weighted by Gasteiger charge is -2.10. The van der Waals surface area contributed by atoms with Crippen molar-refractivity contribution in [1.82, 2.24) is 14.9 Å². The van der Waals surface area contributed by atoms with Gasteiger partial charge in [-0.15, -0.1) is 29.3 Å². The second-order valence-corrected chi connectivity index (χ2v) is 9.77. The summed E-state index contributed by atoms with van der Waals surface area (Å²) >= 11 is 4.45. The van der Waals surface area contributed by atoms with E-state index in [1.807, 2.05) is 47.8 Å². The summed E-state index contributed by atoms with van der Waals surface area (Å²) < 4.78 is 1.58. The lowest BCUT2D eigenvalue weighted by Crippen LogP contribution is -2.28. The van der Waals surface area contributed by atoms with Gasteiger partial charge in [-0.1, -0.05) is 54.2 Å². The van der Waals surface area contributed by atoms with Gasteiger partial charge >= 0.3 is 0 Å². The number of hydrogen-bond donors (Lipinski definition) is 1. The fraction of sp³-hybridized carbons (Fsp3) is 0.174. The van der Waals surface area contributed by atoms with E-state index in [1.165, 1.54) is 28.0 Å². The average Bonchev–Trinajstić information content (AvgIpc) is 3.45. The number of amides is 1. The SMILES string of the molecule is C=CCn1c(SCC(=O)NCCc2cccs2)nc2sc(-c3ccccc3)cc2c1=O. The van der Waals surface area contributed by atoms with Crippen LogP contribution >= 0.6 is 34.4 Å². The molecule has 0 unspecified atom stereocenters. The number of rotatable bonds is 9. The molecule has 4 rings (SSSR count). The number of carbonyl (C=O) groups excluding carboxylic acids is 1. The van der Waals surface area contributed by atoms with Gasteiger partial charge in [0.15, 0.2) is 5.16 Å². The molecular weight excluding hydrogens is 446 g/mol. The van der Waals surface area contributed by atoms with Gasteiger partial charge in [0, 0.05) is 22.8 Å². The van der Waals surface area contributed by atoms with Crippen LogP contribution < -0.4 is 10.9 Å². The molecule has 8 heteroatoms. The molecule has 0 saturated carbocycles. The summed E-state index contributed by atoms with van der Waals surface area (Å²) in [5.41, 5.74) is 0.948. The highest BCUT2D eigenvalue weighted by Crippen LogP contribution is 2.32. The lowest BCUT2D eigenvalue weighted by molar-refractivity contribution is -0.118. The second kappa shape index (κ2) is 10.1. The predicted octanol–water partition coefficient (Wildman–Crippen LogP) is 4.82. The van der Waals surface area contributed by atoms with E-state index < -0.39 is 0 Å². The van der Waals surface area contributed by atoms with Crippen molar-refractivity contribution in [3.63, 3.8) is 0 Å². The van der Waals surface area contributed by atoms with Crippen LogP contribution in [-0.4, -0.2) is 27.8 Å². The maximum Gasteiger partial charge on any atom is 0.263 e. The van der Waals surface area contributed by atoms with E-state index in [0.717, 1.165) is 16.9 Å². The predicted molar refractivity (Wildman–Crippen MR) is 131 cm³/mol. The first-order valence-electron chi connectivity index (χ1n) is 9.78. The topological polar surface area (TPSA) is 64.0 Å². The van der Waals surface area contributed by atoms with Crippen molar-refractivity contribution in [1.29, 1.82) is 0 Å². The molecule has 0 aliphatic rings. The number of hydrogen-bond acceptors (Lipinski definition) is 6. The lowest BCUT2D eigenvalue weighted by atomic mass is 10.2. The molecule has 0 aliphatic carbocycles. The Kier molecular flexibility index (Phi) is 7.01. The molecule has 4 aromatic rings. The number of nitrogens with one attached hydrogen (secondary N) is 1. The minimum Gasteiger partial charge on any atom is -0.355 e. The molecule has 1 N–H and O–H groups in total. The molecule has 31 heavy (non-hydrogen) atoms. The molecule has 0 aliphatic heterocycles. The Morgan fingerprint density at radius 1 is 1.23 bits per heavy atom. The van der Waals surface area contributed by atoms with Crippen molar-refractivity contribution in [2.45, 2.75) is 18.1 Å². The highest BCUT2D eigenvalue weighted by molar-refractivity contribution is 7.99. The largest absolute Gasteiger partial charge is 0.355 e. The Balaban J connectivity index is 1.51. The van der Waals surface area contributed by atoms with Crippen LogP contribution in [0, 0.1) is 0 Å². The molecule has 1 aromatic carbocycles. The third-order valence-corrected chi connectivity index (χ3v) is 7.58. The molecule has 0 bridgehead atoms. The summed E-state index contributed by atoms with van der Waals surface area (Å²) in [6, 6.07) is 15.9. The van der Waals surface area contributed by atoms with Gasteiger partial charge in [-0.2, -0.15) is 0 Å². The van der Waals surface area contributed by atoms with Crippen LogP contribution in [0.15, 0.2) is 76.5 Å². The standard InChI is InChI=1S/C23H21N3O2S3/c1-2-12-26-22(28)18-14-19(16-7-4-3-5-8-16)31-21(18)25-23(26)30-15-20(27)24-11-10-17-9-6-13-29-17/h2-9,13-14H,1,10-12,15H2,(H,24,27). The van der Waals surface area contributed by atoms with Crippen molar-refractivity contribution in [3.05, 3.63) is 81.8 Å². The van der Waals surface area contributed by atoms with Crippen molar-refractivity contribution < 1.29 is 4.79 Å². The number of thioether (sulfide) groups is 1. The summed E-state index contributed by atoms with van der Waals surface area (Å²) in [5, 5.41) is 6.09. The fourth-order valence-corrected chi connectivity index (χ4v) is 5.73. The third kappa shape index (κ3) is 5.15. The van der Waals surface area contributed by atoms with Gasteiger partial charge in [-0.3, -0.25) is 14.2 Å². The summed E-state index contributed by atoms with van der Waals surface area (Å²) in [4.78, 5) is 33.0. The first-order chi connectivity index (χ1) is 15.2. The van der Waals surface area contributed by atoms with Gasteiger partial charge < -0.3 is 5.32 Å². The zero-order valence-corrected chi connectivity index (χ0v) is 19.2. The molecule has 5 nitrogen and oxygen atoms in total. The first kappa shape index (κ1) is 21.5. The zero-order valence-electron chi connectivity index (χ0n) is 16.7. The Morgan fingerprint density at radius 2 is 2.06 bits per heavy atom. The van der Waals surface area contributed by atoms with Crippen LogP contribution in [0.25, 0.3) is 20.7 Å². The minimum atomic E-state index is -0.107. The molecule has 0 fully saturated rings. The van der Waals surface area contributed by atoms with Crippen molar-refractivity contribution in [3.8, 4) is 10.4 Å². The molecular formula is C23H21N3O2S3. The van der Waals surface area contributed by atoms with Gasteiger partial charge in [0.25, 0.3) is 5.56 Å². The third-order valence-electron chi connectivity index (χ3n) is 4.59. The van der Waals surface area contributed by atoms with E-state index in [0.29, 0.717) is 28.5 Å². The fourth-order valence-electron chi connectivity index (χ4n) is 3.10. The van der Waals surface area contributed by atoms with Crippen LogP contribution in [0.4, 0.5) is 0 Å². The average molecular weight is 468 g/mol. The Morgan fingerprint density at radius 3 is 2.81 bits per heavy atom. The molecule has 0 atom stereocenters. The Hall–Kier alpha value is -2.68. The number of allylic oxidation sites excluding steroid dienone is 1. The van der Waals surface area contributed by atoms with E-state index in [2.05, 4.69) is 18.0 Å². The monoisotopic (exact) mass is 467 g/mol. The normalized spacial score (nSPS) is 11.0. The summed E-state index contributed by atoms with van der Waals surface area (Å²) in [6.07, 6.45) is 2.49. The Bertz CT molecular complexity index is 1240. The number of fused-ring (bicyclic) bond motifs is 1. The summed E-state index contributed by atoms with van der Waals surface area (Å²) in [7, 11) is 0. The number of benzene rings is 1. The molecule has 0 radical (unpaired) electrons.